The average Bonchev–Trinajstić information content (AvgIpc) is 3.17. The zero-order valence-electron chi connectivity index (χ0n) is 15.2. The van der Waals surface area contributed by atoms with Crippen molar-refractivity contribution in [2.24, 2.45) is 5.92 Å². The Labute approximate surface area is 159 Å². The highest BCUT2D eigenvalue weighted by Crippen LogP contribution is 2.42. The molecule has 0 bridgehead atoms. The van der Waals surface area contributed by atoms with Gasteiger partial charge in [-0.25, -0.2) is 8.42 Å². The molecule has 2 heterocycles. The number of piperidine rings is 1. The lowest BCUT2D eigenvalue weighted by atomic mass is 9.91. The fourth-order valence-electron chi connectivity index (χ4n) is 4.74. The van der Waals surface area contributed by atoms with E-state index in [-0.39, 0.29) is 23.7 Å². The molecule has 0 spiro atoms. The maximum atomic E-state index is 12.9. The summed E-state index contributed by atoms with van der Waals surface area (Å²) in [5.74, 6) is 0.593. The minimum absolute atomic E-state index is 0.0140. The van der Waals surface area contributed by atoms with E-state index in [0.717, 1.165) is 25.8 Å². The summed E-state index contributed by atoms with van der Waals surface area (Å²) in [7, 11) is -3.75. The summed E-state index contributed by atoms with van der Waals surface area (Å²) < 4.78 is 32.3. The molecule has 1 saturated carbocycles. The van der Waals surface area contributed by atoms with Crippen molar-refractivity contribution in [3.8, 4) is 0 Å². The van der Waals surface area contributed by atoms with Crippen LogP contribution in [-0.2, 0) is 14.8 Å². The van der Waals surface area contributed by atoms with Gasteiger partial charge in [0.2, 0.25) is 10.0 Å². The van der Waals surface area contributed by atoms with Gasteiger partial charge in [0, 0.05) is 31.7 Å². The first-order chi connectivity index (χ1) is 13.0. The summed E-state index contributed by atoms with van der Waals surface area (Å²) in [5.41, 5.74) is 0.439. The van der Waals surface area contributed by atoms with Crippen LogP contribution in [0.25, 0.3) is 0 Å². The van der Waals surface area contributed by atoms with Gasteiger partial charge in [-0.1, -0.05) is 6.42 Å². The molecular weight excluding hydrogens is 370 g/mol. The lowest BCUT2D eigenvalue weighted by molar-refractivity contribution is -0.384. The van der Waals surface area contributed by atoms with E-state index in [4.69, 9.17) is 4.74 Å². The molecule has 0 aromatic heterocycles. The van der Waals surface area contributed by atoms with Gasteiger partial charge in [-0.3, -0.25) is 10.1 Å². The monoisotopic (exact) mass is 395 g/mol. The second-order valence-corrected chi connectivity index (χ2v) is 9.46. The first kappa shape index (κ1) is 18.6. The van der Waals surface area contributed by atoms with Gasteiger partial charge in [-0.15, -0.1) is 0 Å². The van der Waals surface area contributed by atoms with Crippen LogP contribution >= 0.6 is 0 Å². The molecule has 4 rings (SSSR count). The Kier molecular flexibility index (Phi) is 5.09. The van der Waals surface area contributed by atoms with Crippen LogP contribution in [0.1, 0.15) is 32.1 Å². The summed E-state index contributed by atoms with van der Waals surface area (Å²) in [5, 5.41) is 11.8. The van der Waals surface area contributed by atoms with Gasteiger partial charge in [0.1, 0.15) is 5.69 Å². The number of rotatable bonds is 4. The lowest BCUT2D eigenvalue weighted by Gasteiger charge is -2.39. The van der Waals surface area contributed by atoms with Crippen molar-refractivity contribution < 1.29 is 18.1 Å². The molecule has 2 aliphatic heterocycles. The molecule has 1 aromatic carbocycles. The van der Waals surface area contributed by atoms with Crippen LogP contribution in [0.4, 0.5) is 11.4 Å². The predicted molar refractivity (Wildman–Crippen MR) is 100 cm³/mol. The first-order valence-corrected chi connectivity index (χ1v) is 11.1. The second-order valence-electron chi connectivity index (χ2n) is 7.52. The van der Waals surface area contributed by atoms with Crippen LogP contribution in [0, 0.1) is 16.0 Å². The van der Waals surface area contributed by atoms with Crippen LogP contribution in [0.2, 0.25) is 0 Å². The molecule has 1 aromatic rings. The molecule has 9 heteroatoms. The van der Waals surface area contributed by atoms with E-state index >= 15 is 0 Å². The molecule has 2 atom stereocenters. The Morgan fingerprint density at radius 2 is 1.81 bits per heavy atom. The summed E-state index contributed by atoms with van der Waals surface area (Å²) >= 11 is 0. The number of nitrogens with zero attached hydrogens (tertiary/aromatic N) is 3. The molecule has 0 amide bonds. The number of ether oxygens (including phenoxy) is 1. The SMILES string of the molecule is O=[N+]([O-])c1cc(S(=O)(=O)N2CCOCC2)ccc1N1CCC[C@H]2CCC[C@@H]21. The van der Waals surface area contributed by atoms with Gasteiger partial charge in [-0.2, -0.15) is 4.31 Å². The van der Waals surface area contributed by atoms with Crippen molar-refractivity contribution >= 4 is 21.4 Å². The fourth-order valence-corrected chi connectivity index (χ4v) is 6.17. The summed E-state index contributed by atoms with van der Waals surface area (Å²) in [6.07, 6.45) is 5.59. The maximum absolute atomic E-state index is 12.9. The van der Waals surface area contributed by atoms with Crippen LogP contribution in [0.15, 0.2) is 23.1 Å². The number of anilines is 1. The number of hydrogen-bond donors (Lipinski definition) is 0. The van der Waals surface area contributed by atoms with E-state index in [1.54, 1.807) is 6.07 Å². The fraction of sp³-hybridized carbons (Fsp3) is 0.667. The molecular formula is C18H25N3O5S. The van der Waals surface area contributed by atoms with Crippen LogP contribution in [0.5, 0.6) is 0 Å². The smallest absolute Gasteiger partial charge is 0.293 e. The Morgan fingerprint density at radius 1 is 1.07 bits per heavy atom. The van der Waals surface area contributed by atoms with Gasteiger partial charge in [0.15, 0.2) is 0 Å². The third-order valence-corrected chi connectivity index (χ3v) is 7.95. The lowest BCUT2D eigenvalue weighted by Crippen LogP contribution is -2.43. The van der Waals surface area contributed by atoms with E-state index in [9.17, 15) is 18.5 Å². The van der Waals surface area contributed by atoms with E-state index in [1.165, 1.54) is 29.3 Å². The number of nitro groups is 1. The summed E-state index contributed by atoms with van der Waals surface area (Å²) in [6.45, 7) is 2.02. The predicted octanol–water partition coefficient (Wildman–Crippen LogP) is 2.38. The second kappa shape index (κ2) is 7.37. The number of benzene rings is 1. The summed E-state index contributed by atoms with van der Waals surface area (Å²) in [4.78, 5) is 13.4. The quantitative estimate of drug-likeness (QED) is 0.574. The number of sulfonamides is 1. The number of morpholine rings is 1. The normalized spacial score (nSPS) is 26.7. The molecule has 148 valence electrons. The molecule has 3 aliphatic rings. The molecule has 0 radical (unpaired) electrons. The maximum Gasteiger partial charge on any atom is 0.293 e. The van der Waals surface area contributed by atoms with Gasteiger partial charge in [-0.05, 0) is 43.7 Å². The standard InChI is InChI=1S/C18H25N3O5S/c22-21(23)18-13-15(27(24,25)19-9-11-26-12-10-19)6-7-17(18)20-8-2-4-14-3-1-5-16(14)20/h6-7,13-14,16H,1-5,8-12H2/t14-,16+/m1/s1. The van der Waals surface area contributed by atoms with Gasteiger partial charge in [0.05, 0.1) is 23.0 Å². The van der Waals surface area contributed by atoms with Gasteiger partial charge >= 0.3 is 0 Å². The van der Waals surface area contributed by atoms with Gasteiger partial charge < -0.3 is 9.64 Å². The van der Waals surface area contributed by atoms with Crippen molar-refractivity contribution in [1.29, 1.82) is 0 Å². The van der Waals surface area contributed by atoms with Crippen molar-refractivity contribution in [3.05, 3.63) is 28.3 Å². The topological polar surface area (TPSA) is 93.0 Å². The molecule has 2 saturated heterocycles. The van der Waals surface area contributed by atoms with Crippen molar-refractivity contribution in [2.45, 2.75) is 43.0 Å². The van der Waals surface area contributed by atoms with Crippen molar-refractivity contribution in [2.75, 3.05) is 37.7 Å². The average molecular weight is 395 g/mol. The van der Waals surface area contributed by atoms with E-state index in [0.29, 0.717) is 30.9 Å². The highest BCUT2D eigenvalue weighted by atomic mass is 32.2. The van der Waals surface area contributed by atoms with E-state index in [2.05, 4.69) is 4.90 Å². The third-order valence-electron chi connectivity index (χ3n) is 6.05. The van der Waals surface area contributed by atoms with Crippen LogP contribution < -0.4 is 4.90 Å². The zero-order chi connectivity index (χ0) is 19.0. The number of nitro benzene ring substituents is 1. The molecule has 3 fully saturated rings. The Balaban J connectivity index is 1.69. The minimum atomic E-state index is -3.75. The highest BCUT2D eigenvalue weighted by Gasteiger charge is 2.38. The molecule has 0 N–H and O–H groups in total. The summed E-state index contributed by atoms with van der Waals surface area (Å²) in [6, 6.07) is 4.72. The Hall–Kier alpha value is -1.71. The van der Waals surface area contributed by atoms with E-state index < -0.39 is 14.9 Å². The molecule has 1 aliphatic carbocycles. The number of hydrogen-bond acceptors (Lipinski definition) is 6. The van der Waals surface area contributed by atoms with Crippen molar-refractivity contribution in [3.63, 3.8) is 0 Å². The Bertz CT molecular complexity index is 822. The van der Waals surface area contributed by atoms with Crippen LogP contribution in [-0.4, -0.2) is 56.5 Å². The third kappa shape index (κ3) is 3.43. The van der Waals surface area contributed by atoms with Crippen molar-refractivity contribution in [1.82, 2.24) is 4.31 Å². The molecule has 8 nitrogen and oxygen atoms in total. The first-order valence-electron chi connectivity index (χ1n) is 9.61. The highest BCUT2D eigenvalue weighted by molar-refractivity contribution is 7.89. The van der Waals surface area contributed by atoms with Crippen LogP contribution in [0.3, 0.4) is 0 Å². The minimum Gasteiger partial charge on any atom is -0.379 e. The number of fused-ring (bicyclic) bond motifs is 1. The van der Waals surface area contributed by atoms with Gasteiger partial charge in [0.25, 0.3) is 5.69 Å². The Morgan fingerprint density at radius 3 is 2.56 bits per heavy atom. The van der Waals surface area contributed by atoms with E-state index in [1.807, 2.05) is 0 Å². The zero-order valence-corrected chi connectivity index (χ0v) is 16.1. The molecule has 27 heavy (non-hydrogen) atoms. The largest absolute Gasteiger partial charge is 0.379 e. The molecule has 0 unspecified atom stereocenters.